The molecule has 0 aromatic carbocycles. The molecule has 1 aliphatic heterocycles. The van der Waals surface area contributed by atoms with Gasteiger partial charge in [-0.05, 0) is 44.9 Å². The van der Waals surface area contributed by atoms with Crippen LogP contribution in [0.4, 0.5) is 0 Å². The highest BCUT2D eigenvalue weighted by atomic mass is 16.2. The van der Waals surface area contributed by atoms with Crippen molar-refractivity contribution < 1.29 is 4.79 Å². The first kappa shape index (κ1) is 13.9. The maximum absolute atomic E-state index is 12.5. The highest BCUT2D eigenvalue weighted by Gasteiger charge is 2.45. The third-order valence-corrected chi connectivity index (χ3v) is 4.93. The predicted octanol–water partition coefficient (Wildman–Crippen LogP) is 2.76. The van der Waals surface area contributed by atoms with Gasteiger partial charge in [-0.2, -0.15) is 0 Å². The molecule has 1 saturated heterocycles. The zero-order valence-corrected chi connectivity index (χ0v) is 12.3. The topological polar surface area (TPSA) is 32.3 Å². The van der Waals surface area contributed by atoms with Gasteiger partial charge in [0.1, 0.15) is 0 Å². The predicted molar refractivity (Wildman–Crippen MR) is 74.1 cm³/mol. The molecule has 104 valence electrons. The Morgan fingerprint density at radius 2 is 2.11 bits per heavy atom. The fourth-order valence-corrected chi connectivity index (χ4v) is 3.59. The number of hydrogen-bond donors (Lipinski definition) is 1. The summed E-state index contributed by atoms with van der Waals surface area (Å²) < 4.78 is 0. The van der Waals surface area contributed by atoms with Gasteiger partial charge in [-0.15, -0.1) is 0 Å². The van der Waals surface area contributed by atoms with Gasteiger partial charge in [0, 0.05) is 6.54 Å². The monoisotopic (exact) mass is 252 g/mol. The minimum atomic E-state index is -0.334. The van der Waals surface area contributed by atoms with E-state index in [1.807, 2.05) is 6.92 Å². The molecule has 1 heterocycles. The summed E-state index contributed by atoms with van der Waals surface area (Å²) in [6.45, 7) is 9.53. The summed E-state index contributed by atoms with van der Waals surface area (Å²) in [4.78, 5) is 14.6. The minimum absolute atomic E-state index is 0.194. The fourth-order valence-electron chi connectivity index (χ4n) is 3.59. The Bertz CT molecular complexity index is 318. The van der Waals surface area contributed by atoms with Crippen molar-refractivity contribution in [3.63, 3.8) is 0 Å². The van der Waals surface area contributed by atoms with Crippen molar-refractivity contribution in [3.8, 4) is 0 Å². The van der Waals surface area contributed by atoms with Crippen LogP contribution in [-0.4, -0.2) is 29.1 Å². The maximum atomic E-state index is 12.5. The summed E-state index contributed by atoms with van der Waals surface area (Å²) in [5, 5.41) is 3.46. The lowest BCUT2D eigenvalue weighted by molar-refractivity contribution is -0.133. The van der Waals surface area contributed by atoms with Crippen LogP contribution in [-0.2, 0) is 4.79 Å². The summed E-state index contributed by atoms with van der Waals surface area (Å²) in [5.41, 5.74) is -0.334. The van der Waals surface area contributed by atoms with Gasteiger partial charge in [0.15, 0.2) is 0 Å². The Hall–Kier alpha value is -0.570. The Morgan fingerprint density at radius 1 is 1.39 bits per heavy atom. The standard InChI is InChI=1S/C15H28N2O/c1-5-15(4)14(18)17(12(3)16-15)10-13-8-6-7-11(2)9-13/h11-13,16H,5-10H2,1-4H3. The van der Waals surface area contributed by atoms with Crippen molar-refractivity contribution in [2.45, 2.75) is 71.5 Å². The Balaban J connectivity index is 1.99. The summed E-state index contributed by atoms with van der Waals surface area (Å²) in [6.07, 6.45) is 6.35. The van der Waals surface area contributed by atoms with E-state index in [4.69, 9.17) is 0 Å². The molecule has 2 rings (SSSR count). The maximum Gasteiger partial charge on any atom is 0.243 e. The fraction of sp³-hybridized carbons (Fsp3) is 0.933. The van der Waals surface area contributed by atoms with Crippen molar-refractivity contribution in [2.75, 3.05) is 6.54 Å². The molecule has 0 radical (unpaired) electrons. The van der Waals surface area contributed by atoms with Gasteiger partial charge in [0.05, 0.1) is 11.7 Å². The molecule has 2 fully saturated rings. The number of nitrogens with zero attached hydrogens (tertiary/aromatic N) is 1. The molecule has 4 unspecified atom stereocenters. The molecule has 0 spiro atoms. The molecular formula is C15H28N2O. The van der Waals surface area contributed by atoms with Crippen LogP contribution in [0.2, 0.25) is 0 Å². The molecule has 1 amide bonds. The zero-order chi connectivity index (χ0) is 13.3. The molecule has 1 N–H and O–H groups in total. The lowest BCUT2D eigenvalue weighted by atomic mass is 9.82. The van der Waals surface area contributed by atoms with Crippen molar-refractivity contribution in [2.24, 2.45) is 11.8 Å². The van der Waals surface area contributed by atoms with Gasteiger partial charge >= 0.3 is 0 Å². The number of carbonyl (C=O) groups excluding carboxylic acids is 1. The molecule has 18 heavy (non-hydrogen) atoms. The van der Waals surface area contributed by atoms with Gasteiger partial charge < -0.3 is 4.90 Å². The minimum Gasteiger partial charge on any atom is -0.326 e. The average molecular weight is 252 g/mol. The molecule has 1 saturated carbocycles. The van der Waals surface area contributed by atoms with Gasteiger partial charge in [-0.3, -0.25) is 10.1 Å². The molecular weight excluding hydrogens is 224 g/mol. The van der Waals surface area contributed by atoms with E-state index in [1.54, 1.807) is 0 Å². The van der Waals surface area contributed by atoms with E-state index in [-0.39, 0.29) is 11.7 Å². The first-order valence-electron chi connectivity index (χ1n) is 7.55. The van der Waals surface area contributed by atoms with Crippen LogP contribution in [0.25, 0.3) is 0 Å². The van der Waals surface area contributed by atoms with Crippen LogP contribution in [0.1, 0.15) is 59.8 Å². The highest BCUT2D eigenvalue weighted by Crippen LogP contribution is 2.31. The third kappa shape index (κ3) is 2.56. The largest absolute Gasteiger partial charge is 0.326 e. The first-order chi connectivity index (χ1) is 8.46. The average Bonchev–Trinajstić information content (AvgIpc) is 2.54. The van der Waals surface area contributed by atoms with Crippen molar-refractivity contribution in [1.29, 1.82) is 0 Å². The van der Waals surface area contributed by atoms with Crippen LogP contribution < -0.4 is 5.32 Å². The van der Waals surface area contributed by atoms with Crippen molar-refractivity contribution in [3.05, 3.63) is 0 Å². The van der Waals surface area contributed by atoms with Crippen LogP contribution in [0.5, 0.6) is 0 Å². The van der Waals surface area contributed by atoms with E-state index in [1.165, 1.54) is 25.7 Å². The van der Waals surface area contributed by atoms with Crippen molar-refractivity contribution in [1.82, 2.24) is 10.2 Å². The van der Waals surface area contributed by atoms with Crippen LogP contribution in [0.15, 0.2) is 0 Å². The number of amides is 1. The lowest BCUT2D eigenvalue weighted by Gasteiger charge is -2.32. The second-order valence-electron chi connectivity index (χ2n) is 6.60. The first-order valence-corrected chi connectivity index (χ1v) is 7.55. The van der Waals surface area contributed by atoms with E-state index in [0.717, 1.165) is 18.9 Å². The lowest BCUT2D eigenvalue weighted by Crippen LogP contribution is -2.43. The molecule has 0 bridgehead atoms. The van der Waals surface area contributed by atoms with E-state index < -0.39 is 0 Å². The van der Waals surface area contributed by atoms with Crippen LogP contribution in [0, 0.1) is 11.8 Å². The van der Waals surface area contributed by atoms with E-state index in [9.17, 15) is 4.79 Å². The van der Waals surface area contributed by atoms with Gasteiger partial charge in [0.25, 0.3) is 0 Å². The van der Waals surface area contributed by atoms with Gasteiger partial charge in [0.2, 0.25) is 5.91 Å². The Morgan fingerprint density at radius 3 is 2.67 bits per heavy atom. The van der Waals surface area contributed by atoms with E-state index in [2.05, 4.69) is 31.0 Å². The van der Waals surface area contributed by atoms with Gasteiger partial charge in [-0.1, -0.05) is 26.7 Å². The molecule has 2 aliphatic rings. The SMILES string of the molecule is CCC1(C)NC(C)N(CC2CCCC(C)C2)C1=O. The van der Waals surface area contributed by atoms with Crippen LogP contribution >= 0.6 is 0 Å². The smallest absolute Gasteiger partial charge is 0.243 e. The number of hydrogen-bond acceptors (Lipinski definition) is 2. The van der Waals surface area contributed by atoms with Crippen molar-refractivity contribution >= 4 is 5.91 Å². The molecule has 1 aliphatic carbocycles. The highest BCUT2D eigenvalue weighted by molar-refractivity contribution is 5.88. The second kappa shape index (κ2) is 5.20. The molecule has 3 nitrogen and oxygen atoms in total. The summed E-state index contributed by atoms with van der Waals surface area (Å²) in [7, 11) is 0. The molecule has 3 heteroatoms. The Kier molecular flexibility index (Phi) is 4.00. The van der Waals surface area contributed by atoms with Gasteiger partial charge in [-0.25, -0.2) is 0 Å². The summed E-state index contributed by atoms with van der Waals surface area (Å²) >= 11 is 0. The van der Waals surface area contributed by atoms with Crippen LogP contribution in [0.3, 0.4) is 0 Å². The quantitative estimate of drug-likeness (QED) is 0.837. The van der Waals surface area contributed by atoms with E-state index >= 15 is 0 Å². The third-order valence-electron chi connectivity index (χ3n) is 4.93. The number of rotatable bonds is 3. The molecule has 0 aromatic rings. The second-order valence-corrected chi connectivity index (χ2v) is 6.60. The Labute approximate surface area is 111 Å². The summed E-state index contributed by atoms with van der Waals surface area (Å²) in [6, 6.07) is 0. The number of carbonyl (C=O) groups is 1. The molecule has 4 atom stereocenters. The zero-order valence-electron chi connectivity index (χ0n) is 12.3. The summed E-state index contributed by atoms with van der Waals surface area (Å²) in [5.74, 6) is 1.85. The number of nitrogens with one attached hydrogen (secondary N) is 1. The normalized spacial score (nSPS) is 41.4. The molecule has 0 aromatic heterocycles. The van der Waals surface area contributed by atoms with E-state index in [0.29, 0.717) is 11.8 Å².